The van der Waals surface area contributed by atoms with E-state index in [2.05, 4.69) is 10.4 Å². The van der Waals surface area contributed by atoms with Gasteiger partial charge in [0.2, 0.25) is 0 Å². The smallest absolute Gasteiger partial charge is 0.407 e. The molecule has 0 fully saturated rings. The summed E-state index contributed by atoms with van der Waals surface area (Å²) < 4.78 is 17.2. The van der Waals surface area contributed by atoms with Crippen LogP contribution in [0.2, 0.25) is 0 Å². The van der Waals surface area contributed by atoms with Gasteiger partial charge in [-0.15, -0.1) is 0 Å². The van der Waals surface area contributed by atoms with E-state index in [1.54, 1.807) is 54.6 Å². The number of benzene rings is 2. The quantitative estimate of drug-likeness (QED) is 0.483. The molecule has 1 unspecified atom stereocenters. The Labute approximate surface area is 156 Å². The molecule has 2 aromatic carbocycles. The van der Waals surface area contributed by atoms with E-state index in [0.29, 0.717) is 5.56 Å². The Morgan fingerprint density at radius 1 is 1.00 bits per heavy atom. The highest BCUT2D eigenvalue weighted by Crippen LogP contribution is 2.34. The Morgan fingerprint density at radius 3 is 2.11 bits per heavy atom. The van der Waals surface area contributed by atoms with E-state index in [1.165, 1.54) is 0 Å². The molecular weight excluding hydrogens is 371 g/mol. The summed E-state index contributed by atoms with van der Waals surface area (Å²) in [4.78, 5) is 33.0. The second kappa shape index (κ2) is 9.87. The highest BCUT2D eigenvalue weighted by Gasteiger charge is 2.28. The highest BCUT2D eigenvalue weighted by molar-refractivity contribution is 7.55. The molecule has 1 amide bonds. The minimum Gasteiger partial charge on any atom is -0.480 e. The molecule has 0 aliphatic heterocycles. The topological polar surface area (TPSA) is 125 Å². The second-order valence-corrected chi connectivity index (χ2v) is 7.79. The fraction of sp³-hybridized carbons (Fsp3) is 0.222. The van der Waals surface area contributed by atoms with Gasteiger partial charge in [0.1, 0.15) is 18.9 Å². The van der Waals surface area contributed by atoms with E-state index in [0.717, 1.165) is 5.56 Å². The number of ether oxygens (including phenoxy) is 1. The molecule has 0 aliphatic rings. The molecule has 0 bridgehead atoms. The zero-order valence-corrected chi connectivity index (χ0v) is 15.3. The lowest BCUT2D eigenvalue weighted by Gasteiger charge is -2.19. The first kappa shape index (κ1) is 20.6. The zero-order chi connectivity index (χ0) is 19.7. The summed E-state index contributed by atoms with van der Waals surface area (Å²) in [5.74, 6) is -1.26. The van der Waals surface area contributed by atoms with Crippen LogP contribution in [0.3, 0.4) is 0 Å². The molecule has 27 heavy (non-hydrogen) atoms. The molecule has 0 aromatic heterocycles. The first-order valence-electron chi connectivity index (χ1n) is 8.16. The van der Waals surface area contributed by atoms with E-state index >= 15 is 0 Å². The van der Waals surface area contributed by atoms with Crippen LogP contribution in [0.1, 0.15) is 11.1 Å². The summed E-state index contributed by atoms with van der Waals surface area (Å²) in [6, 6.07) is 16.4. The molecule has 0 heterocycles. The van der Waals surface area contributed by atoms with Crippen molar-refractivity contribution in [2.45, 2.75) is 19.1 Å². The van der Waals surface area contributed by atoms with Crippen molar-refractivity contribution in [2.24, 2.45) is 0 Å². The molecule has 0 spiro atoms. The second-order valence-electron chi connectivity index (χ2n) is 5.81. The van der Waals surface area contributed by atoms with Gasteiger partial charge in [0, 0.05) is 0 Å². The monoisotopic (exact) mass is 392 g/mol. The van der Waals surface area contributed by atoms with E-state index < -0.39 is 31.9 Å². The number of carboxylic acid groups (broad SMARTS) is 1. The van der Waals surface area contributed by atoms with Crippen LogP contribution in [0.15, 0.2) is 60.7 Å². The molecule has 2 rings (SSSR count). The number of amides is 1. The first-order valence-corrected chi connectivity index (χ1v) is 10.0. The number of carbonyl (C=O) groups is 2. The Bertz CT molecular complexity index is 800. The van der Waals surface area contributed by atoms with Crippen LogP contribution in [-0.4, -0.2) is 34.4 Å². The van der Waals surface area contributed by atoms with Crippen molar-refractivity contribution in [1.82, 2.24) is 10.4 Å². The van der Waals surface area contributed by atoms with Crippen molar-refractivity contribution in [3.05, 3.63) is 71.8 Å². The van der Waals surface area contributed by atoms with Gasteiger partial charge in [0.25, 0.3) is 7.52 Å². The lowest BCUT2D eigenvalue weighted by atomic mass is 10.1. The lowest BCUT2D eigenvalue weighted by molar-refractivity contribution is -0.139. The van der Waals surface area contributed by atoms with Crippen LogP contribution in [0, 0.1) is 0 Å². The van der Waals surface area contributed by atoms with Gasteiger partial charge >= 0.3 is 12.1 Å². The largest absolute Gasteiger partial charge is 0.480 e. The van der Waals surface area contributed by atoms with Crippen molar-refractivity contribution in [3.8, 4) is 0 Å². The van der Waals surface area contributed by atoms with E-state index in [-0.39, 0.29) is 13.0 Å². The van der Waals surface area contributed by atoms with Gasteiger partial charge in [0.05, 0.1) is 0 Å². The van der Waals surface area contributed by atoms with Gasteiger partial charge in [-0.3, -0.25) is 9.36 Å². The number of alkyl carbamates (subject to hydrolysis) is 1. The normalized spacial score (nSPS) is 14.0. The number of rotatable bonds is 9. The standard InChI is InChI=1S/C18H21N2O6P/c21-17(22)16(11-14-7-3-1-4-8-14)20-27(24,25)13-19-18(23)26-12-15-9-5-2-6-10-15/h1-10,16H,11-13H2,(H,19,23)(H,21,22)(H2,20,24,25)/t16-/m0/s1. The molecule has 9 heteroatoms. The highest BCUT2D eigenvalue weighted by atomic mass is 31.2. The number of carbonyl (C=O) groups excluding carboxylic acids is 1. The van der Waals surface area contributed by atoms with Crippen molar-refractivity contribution < 1.29 is 28.9 Å². The molecule has 0 radical (unpaired) electrons. The van der Waals surface area contributed by atoms with Crippen molar-refractivity contribution in [2.75, 3.05) is 6.29 Å². The third-order valence-corrected chi connectivity index (χ3v) is 4.89. The van der Waals surface area contributed by atoms with Gasteiger partial charge in [-0.1, -0.05) is 60.7 Å². The van der Waals surface area contributed by atoms with Crippen molar-refractivity contribution in [3.63, 3.8) is 0 Å². The van der Waals surface area contributed by atoms with Gasteiger partial charge in [-0.2, -0.15) is 0 Å². The van der Waals surface area contributed by atoms with Crippen LogP contribution in [0.4, 0.5) is 4.79 Å². The summed E-state index contributed by atoms with van der Waals surface area (Å²) in [6.07, 6.45) is -1.50. The Hall–Kier alpha value is -2.67. The minimum atomic E-state index is -4.13. The number of hydrogen-bond donors (Lipinski definition) is 4. The molecule has 4 N–H and O–H groups in total. The summed E-state index contributed by atoms with van der Waals surface area (Å²) in [7, 11) is -4.13. The van der Waals surface area contributed by atoms with Crippen LogP contribution >= 0.6 is 7.52 Å². The van der Waals surface area contributed by atoms with Gasteiger partial charge in [-0.25, -0.2) is 9.88 Å². The number of aliphatic carboxylic acids is 1. The lowest BCUT2D eigenvalue weighted by Crippen LogP contribution is -2.39. The van der Waals surface area contributed by atoms with Crippen LogP contribution in [0.5, 0.6) is 0 Å². The molecule has 0 saturated heterocycles. The number of carboxylic acids is 1. The van der Waals surface area contributed by atoms with Gasteiger partial charge in [0.15, 0.2) is 0 Å². The molecule has 8 nitrogen and oxygen atoms in total. The average Bonchev–Trinajstić information content (AvgIpc) is 2.66. The summed E-state index contributed by atoms with van der Waals surface area (Å²) >= 11 is 0. The molecular formula is C18H21N2O6P. The SMILES string of the molecule is O=C(NCP(=O)(O)N[C@@H](Cc1ccccc1)C(=O)O)OCc1ccccc1. The van der Waals surface area contributed by atoms with Crippen LogP contribution in [-0.2, 0) is 27.1 Å². The van der Waals surface area contributed by atoms with Crippen molar-refractivity contribution in [1.29, 1.82) is 0 Å². The molecule has 0 saturated carbocycles. The third kappa shape index (κ3) is 7.62. The van der Waals surface area contributed by atoms with Crippen LogP contribution < -0.4 is 10.4 Å². The Balaban J connectivity index is 1.83. The average molecular weight is 392 g/mol. The fourth-order valence-corrected chi connectivity index (χ4v) is 3.40. The Morgan fingerprint density at radius 2 is 1.56 bits per heavy atom. The molecule has 144 valence electrons. The zero-order valence-electron chi connectivity index (χ0n) is 14.4. The predicted molar refractivity (Wildman–Crippen MR) is 99.2 cm³/mol. The van der Waals surface area contributed by atoms with Gasteiger partial charge < -0.3 is 20.1 Å². The van der Waals surface area contributed by atoms with Crippen LogP contribution in [0.25, 0.3) is 0 Å². The maximum absolute atomic E-state index is 12.2. The van der Waals surface area contributed by atoms with E-state index in [9.17, 15) is 24.2 Å². The van der Waals surface area contributed by atoms with E-state index in [4.69, 9.17) is 4.74 Å². The van der Waals surface area contributed by atoms with Crippen molar-refractivity contribution >= 4 is 19.6 Å². The minimum absolute atomic E-state index is 0.0155. The Kier molecular flexibility index (Phi) is 7.55. The maximum Gasteiger partial charge on any atom is 0.407 e. The molecule has 2 aromatic rings. The third-order valence-electron chi connectivity index (χ3n) is 3.59. The summed E-state index contributed by atoms with van der Waals surface area (Å²) in [6.45, 7) is 0.0155. The number of hydrogen-bond acceptors (Lipinski definition) is 4. The summed E-state index contributed by atoms with van der Waals surface area (Å²) in [5.41, 5.74) is 1.47. The van der Waals surface area contributed by atoms with E-state index in [1.807, 2.05) is 6.07 Å². The predicted octanol–water partition coefficient (Wildman–Crippen LogP) is 2.34. The summed E-state index contributed by atoms with van der Waals surface area (Å²) in [5, 5.41) is 13.7. The fourth-order valence-electron chi connectivity index (χ4n) is 2.27. The molecule has 2 atom stereocenters. The van der Waals surface area contributed by atoms with Gasteiger partial charge in [-0.05, 0) is 17.5 Å². The maximum atomic E-state index is 12.2. The number of nitrogens with one attached hydrogen (secondary N) is 2. The first-order chi connectivity index (χ1) is 12.9. The molecule has 0 aliphatic carbocycles.